The third kappa shape index (κ3) is 3.47. The van der Waals surface area contributed by atoms with Gasteiger partial charge in [0.05, 0.1) is 5.56 Å². The molecule has 0 spiro atoms. The number of hydrogen-bond donors (Lipinski definition) is 2. The van der Waals surface area contributed by atoms with E-state index in [1.54, 1.807) is 24.3 Å². The Morgan fingerprint density at radius 3 is 2.67 bits per heavy atom. The fourth-order valence-electron chi connectivity index (χ4n) is 1.93. The Morgan fingerprint density at radius 2 is 2.11 bits per heavy atom. The molecule has 0 amide bonds. The maximum atomic E-state index is 11.7. The van der Waals surface area contributed by atoms with Gasteiger partial charge >= 0.3 is 5.97 Å². The normalized spacial score (nSPS) is 16.9. The Kier molecular flexibility index (Phi) is 4.20. The molecule has 1 saturated carbocycles. The van der Waals surface area contributed by atoms with Crippen LogP contribution in [0.5, 0.6) is 0 Å². The molecule has 0 bridgehead atoms. The number of hydrogen-bond acceptors (Lipinski definition) is 4. The highest BCUT2D eigenvalue weighted by Gasteiger charge is 2.19. The Balaban J connectivity index is 1.75. The minimum absolute atomic E-state index is 0.202. The fourth-order valence-corrected chi connectivity index (χ4v) is 1.93. The molecular formula is C14H20N2O2. The summed E-state index contributed by atoms with van der Waals surface area (Å²) in [5.41, 5.74) is 6.75. The molecule has 1 unspecified atom stereocenters. The van der Waals surface area contributed by atoms with Crippen molar-refractivity contribution in [2.45, 2.75) is 38.3 Å². The quantitative estimate of drug-likeness (QED) is 0.617. The summed E-state index contributed by atoms with van der Waals surface area (Å²) in [4.78, 5) is 11.7. The van der Waals surface area contributed by atoms with E-state index in [2.05, 4.69) is 5.32 Å². The molecule has 1 fully saturated rings. The molecule has 1 aliphatic rings. The van der Waals surface area contributed by atoms with Crippen LogP contribution in [-0.2, 0) is 4.74 Å². The summed E-state index contributed by atoms with van der Waals surface area (Å²) < 4.78 is 5.26. The van der Waals surface area contributed by atoms with Gasteiger partial charge < -0.3 is 15.8 Å². The van der Waals surface area contributed by atoms with E-state index < -0.39 is 0 Å². The largest absolute Gasteiger partial charge is 0.460 e. The molecule has 0 radical (unpaired) electrons. The molecule has 3 N–H and O–H groups in total. The lowest BCUT2D eigenvalue weighted by Crippen LogP contribution is -2.43. The molecule has 1 aromatic carbocycles. The number of rotatable bonds is 5. The van der Waals surface area contributed by atoms with Crippen molar-refractivity contribution in [2.75, 3.05) is 12.3 Å². The van der Waals surface area contributed by atoms with E-state index in [0.29, 0.717) is 23.9 Å². The maximum Gasteiger partial charge on any atom is 0.338 e. The van der Waals surface area contributed by atoms with Crippen LogP contribution in [0.4, 0.5) is 5.69 Å². The molecule has 4 heteroatoms. The number of nitrogens with two attached hydrogens (primary N) is 1. The first-order chi connectivity index (χ1) is 8.65. The average Bonchev–Trinajstić information content (AvgIpc) is 2.32. The predicted molar refractivity (Wildman–Crippen MR) is 71.4 cm³/mol. The van der Waals surface area contributed by atoms with Gasteiger partial charge in [-0.05, 0) is 44.0 Å². The van der Waals surface area contributed by atoms with E-state index >= 15 is 0 Å². The van der Waals surface area contributed by atoms with Gasteiger partial charge in [-0.25, -0.2) is 4.79 Å². The number of nitrogens with one attached hydrogen (secondary N) is 1. The lowest BCUT2D eigenvalue weighted by atomic mass is 9.92. The molecule has 1 aromatic rings. The van der Waals surface area contributed by atoms with Gasteiger partial charge in [-0.3, -0.25) is 0 Å². The highest BCUT2D eigenvalue weighted by atomic mass is 16.5. The minimum Gasteiger partial charge on any atom is -0.460 e. The van der Waals surface area contributed by atoms with Crippen LogP contribution in [0.25, 0.3) is 0 Å². The number of carbonyl (C=O) groups is 1. The smallest absolute Gasteiger partial charge is 0.338 e. The van der Waals surface area contributed by atoms with Crippen LogP contribution in [0.15, 0.2) is 24.3 Å². The number of anilines is 1. The number of ether oxygens (including phenoxy) is 1. The van der Waals surface area contributed by atoms with Crippen molar-refractivity contribution in [1.82, 2.24) is 5.32 Å². The predicted octanol–water partition coefficient (Wildman–Crippen LogP) is 1.96. The second-order valence-electron chi connectivity index (χ2n) is 4.92. The van der Waals surface area contributed by atoms with E-state index in [1.807, 2.05) is 6.92 Å². The number of carbonyl (C=O) groups excluding carboxylic acids is 1. The number of benzene rings is 1. The third-order valence-electron chi connectivity index (χ3n) is 3.24. The highest BCUT2D eigenvalue weighted by Crippen LogP contribution is 2.18. The SMILES string of the molecule is CC(COC(=O)c1ccc(N)cc1)NC1CCC1. The Morgan fingerprint density at radius 1 is 1.44 bits per heavy atom. The first kappa shape index (κ1) is 12.9. The van der Waals surface area contributed by atoms with Gasteiger partial charge in [-0.2, -0.15) is 0 Å². The summed E-state index contributed by atoms with van der Waals surface area (Å²) in [6.45, 7) is 2.44. The summed E-state index contributed by atoms with van der Waals surface area (Å²) in [7, 11) is 0. The molecule has 98 valence electrons. The zero-order valence-corrected chi connectivity index (χ0v) is 10.7. The Hall–Kier alpha value is -1.55. The van der Waals surface area contributed by atoms with E-state index in [0.717, 1.165) is 0 Å². The van der Waals surface area contributed by atoms with Gasteiger partial charge in [-0.1, -0.05) is 6.42 Å². The van der Waals surface area contributed by atoms with E-state index in [1.165, 1.54) is 19.3 Å². The van der Waals surface area contributed by atoms with Crippen molar-refractivity contribution < 1.29 is 9.53 Å². The highest BCUT2D eigenvalue weighted by molar-refractivity contribution is 5.89. The molecule has 0 aromatic heterocycles. The van der Waals surface area contributed by atoms with Crippen LogP contribution in [0, 0.1) is 0 Å². The standard InChI is InChI=1S/C14H20N2O2/c1-10(16-13-3-2-4-13)9-18-14(17)11-5-7-12(15)8-6-11/h5-8,10,13,16H,2-4,9,15H2,1H3. The Labute approximate surface area is 108 Å². The van der Waals surface area contributed by atoms with Crippen molar-refractivity contribution in [3.63, 3.8) is 0 Å². The summed E-state index contributed by atoms with van der Waals surface area (Å²) in [6, 6.07) is 7.58. The number of esters is 1. The average molecular weight is 248 g/mol. The maximum absolute atomic E-state index is 11.7. The van der Waals surface area contributed by atoms with Gasteiger partial charge in [0.25, 0.3) is 0 Å². The molecule has 18 heavy (non-hydrogen) atoms. The van der Waals surface area contributed by atoms with Crippen molar-refractivity contribution in [2.24, 2.45) is 0 Å². The van der Waals surface area contributed by atoms with Crippen LogP contribution >= 0.6 is 0 Å². The zero-order valence-electron chi connectivity index (χ0n) is 10.7. The summed E-state index contributed by atoms with van der Waals surface area (Å²) in [6.07, 6.45) is 3.77. The first-order valence-electron chi connectivity index (χ1n) is 6.44. The molecule has 2 rings (SSSR count). The van der Waals surface area contributed by atoms with Gasteiger partial charge in [0.15, 0.2) is 0 Å². The minimum atomic E-state index is -0.294. The van der Waals surface area contributed by atoms with Crippen LogP contribution in [0.2, 0.25) is 0 Å². The lowest BCUT2D eigenvalue weighted by Gasteiger charge is -2.29. The second-order valence-corrected chi connectivity index (χ2v) is 4.92. The van der Waals surface area contributed by atoms with Crippen LogP contribution < -0.4 is 11.1 Å². The topological polar surface area (TPSA) is 64.3 Å². The lowest BCUT2D eigenvalue weighted by molar-refractivity contribution is 0.0460. The molecular weight excluding hydrogens is 228 g/mol. The zero-order chi connectivity index (χ0) is 13.0. The second kappa shape index (κ2) is 5.87. The van der Waals surface area contributed by atoms with E-state index in [4.69, 9.17) is 10.5 Å². The summed E-state index contributed by atoms with van der Waals surface area (Å²) in [5, 5.41) is 3.44. The van der Waals surface area contributed by atoms with Crippen molar-refractivity contribution in [1.29, 1.82) is 0 Å². The monoisotopic (exact) mass is 248 g/mol. The van der Waals surface area contributed by atoms with Crippen molar-refractivity contribution >= 4 is 11.7 Å². The summed E-state index contributed by atoms with van der Waals surface area (Å²) >= 11 is 0. The van der Waals surface area contributed by atoms with Gasteiger partial charge in [0, 0.05) is 17.8 Å². The van der Waals surface area contributed by atoms with Gasteiger partial charge in [0.2, 0.25) is 0 Å². The van der Waals surface area contributed by atoms with Crippen LogP contribution in [-0.4, -0.2) is 24.7 Å². The first-order valence-corrected chi connectivity index (χ1v) is 6.44. The molecule has 0 saturated heterocycles. The van der Waals surface area contributed by atoms with Gasteiger partial charge in [-0.15, -0.1) is 0 Å². The van der Waals surface area contributed by atoms with Crippen LogP contribution in [0.1, 0.15) is 36.5 Å². The fraction of sp³-hybridized carbons (Fsp3) is 0.500. The van der Waals surface area contributed by atoms with E-state index in [9.17, 15) is 4.79 Å². The molecule has 0 aliphatic heterocycles. The number of nitrogen functional groups attached to an aromatic ring is 1. The van der Waals surface area contributed by atoms with Crippen molar-refractivity contribution in [3.8, 4) is 0 Å². The molecule has 0 heterocycles. The van der Waals surface area contributed by atoms with Crippen molar-refractivity contribution in [3.05, 3.63) is 29.8 Å². The Bertz CT molecular complexity index is 399. The third-order valence-corrected chi connectivity index (χ3v) is 3.24. The van der Waals surface area contributed by atoms with E-state index in [-0.39, 0.29) is 12.0 Å². The molecule has 4 nitrogen and oxygen atoms in total. The van der Waals surface area contributed by atoms with Gasteiger partial charge in [0.1, 0.15) is 6.61 Å². The molecule has 1 atom stereocenters. The summed E-state index contributed by atoms with van der Waals surface area (Å²) in [5.74, 6) is -0.294. The molecule has 1 aliphatic carbocycles. The van der Waals surface area contributed by atoms with Crippen LogP contribution in [0.3, 0.4) is 0 Å².